The number of nitriles is 1. The van der Waals surface area contributed by atoms with Crippen LogP contribution >= 0.6 is 0 Å². The van der Waals surface area contributed by atoms with E-state index in [2.05, 4.69) is 11.0 Å². The van der Waals surface area contributed by atoms with Gasteiger partial charge in [-0.05, 0) is 66.1 Å². The van der Waals surface area contributed by atoms with E-state index in [0.717, 1.165) is 45.3 Å². The first-order valence-corrected chi connectivity index (χ1v) is 6.66. The molecule has 0 bridgehead atoms. The average molecular weight is 252 g/mol. The second kappa shape index (κ2) is 5.71. The minimum Gasteiger partial charge on any atom is -0.481 e. The van der Waals surface area contributed by atoms with Gasteiger partial charge in [-0.2, -0.15) is 5.26 Å². The van der Waals surface area contributed by atoms with E-state index in [1.54, 1.807) is 0 Å². The molecule has 0 unspecified atom stereocenters. The molecule has 1 aliphatic rings. The van der Waals surface area contributed by atoms with Gasteiger partial charge in [0.25, 0.3) is 0 Å². The number of likely N-dealkylation sites (tertiary alicyclic amines) is 1. The van der Waals surface area contributed by atoms with Crippen LogP contribution in [-0.2, 0) is 4.79 Å². The van der Waals surface area contributed by atoms with Gasteiger partial charge in [-0.1, -0.05) is 0 Å². The van der Waals surface area contributed by atoms with Crippen molar-refractivity contribution in [3.05, 3.63) is 0 Å². The molecule has 4 heteroatoms. The zero-order valence-corrected chi connectivity index (χ0v) is 11.7. The standard InChI is InChI=1S/C14H24N2O2/c1-13(2,11-15)5-4-8-16-9-6-14(3,7-10-16)12(17)18/h4-10H2,1-3H3,(H,17,18). The largest absolute Gasteiger partial charge is 0.481 e. The highest BCUT2D eigenvalue weighted by Gasteiger charge is 2.36. The lowest BCUT2D eigenvalue weighted by Crippen LogP contribution is -2.43. The zero-order valence-electron chi connectivity index (χ0n) is 11.7. The van der Waals surface area contributed by atoms with E-state index in [9.17, 15) is 4.79 Å². The van der Waals surface area contributed by atoms with Crippen LogP contribution in [0.5, 0.6) is 0 Å². The summed E-state index contributed by atoms with van der Waals surface area (Å²) in [5.74, 6) is -0.673. The van der Waals surface area contributed by atoms with Crippen LogP contribution in [0.2, 0.25) is 0 Å². The minimum absolute atomic E-state index is 0.245. The summed E-state index contributed by atoms with van der Waals surface area (Å²) in [5.41, 5.74) is -0.784. The molecule has 1 aliphatic heterocycles. The topological polar surface area (TPSA) is 64.3 Å². The van der Waals surface area contributed by atoms with Crippen molar-refractivity contribution in [2.24, 2.45) is 10.8 Å². The summed E-state index contributed by atoms with van der Waals surface area (Å²) in [6, 6.07) is 2.31. The van der Waals surface area contributed by atoms with Crippen molar-refractivity contribution in [3.63, 3.8) is 0 Å². The van der Waals surface area contributed by atoms with Crippen molar-refractivity contribution in [3.8, 4) is 6.07 Å². The minimum atomic E-state index is -0.673. The fraction of sp³-hybridized carbons (Fsp3) is 0.857. The third-order valence-corrected chi connectivity index (χ3v) is 4.05. The lowest BCUT2D eigenvalue weighted by molar-refractivity contribution is -0.150. The molecule has 0 aromatic rings. The molecule has 0 aromatic heterocycles. The summed E-state index contributed by atoms with van der Waals surface area (Å²) in [5, 5.41) is 18.1. The molecule has 1 rings (SSSR count). The van der Waals surface area contributed by atoms with Crippen LogP contribution in [0, 0.1) is 22.2 Å². The molecule has 0 aromatic carbocycles. The number of rotatable bonds is 5. The molecule has 0 atom stereocenters. The molecule has 1 N–H and O–H groups in total. The van der Waals surface area contributed by atoms with Gasteiger partial charge in [0.1, 0.15) is 0 Å². The molecule has 0 saturated carbocycles. The van der Waals surface area contributed by atoms with Crippen LogP contribution in [0.4, 0.5) is 0 Å². The lowest BCUT2D eigenvalue weighted by Gasteiger charge is -2.36. The van der Waals surface area contributed by atoms with Crippen molar-refractivity contribution in [2.75, 3.05) is 19.6 Å². The number of piperidine rings is 1. The Balaban J connectivity index is 2.29. The molecule has 0 spiro atoms. The number of carbonyl (C=O) groups is 1. The van der Waals surface area contributed by atoms with E-state index < -0.39 is 11.4 Å². The highest BCUT2D eigenvalue weighted by Crippen LogP contribution is 2.31. The van der Waals surface area contributed by atoms with Crippen molar-refractivity contribution in [1.82, 2.24) is 4.90 Å². The quantitative estimate of drug-likeness (QED) is 0.816. The summed E-state index contributed by atoms with van der Waals surface area (Å²) in [4.78, 5) is 13.4. The number of hydrogen-bond donors (Lipinski definition) is 1. The lowest BCUT2D eigenvalue weighted by atomic mass is 9.80. The average Bonchev–Trinajstić information content (AvgIpc) is 2.31. The Hall–Kier alpha value is -1.08. The number of nitrogens with zero attached hydrogens (tertiary/aromatic N) is 2. The van der Waals surface area contributed by atoms with Gasteiger partial charge in [-0.25, -0.2) is 0 Å². The van der Waals surface area contributed by atoms with Gasteiger partial charge in [0.15, 0.2) is 0 Å². The highest BCUT2D eigenvalue weighted by molar-refractivity contribution is 5.74. The maximum atomic E-state index is 11.1. The van der Waals surface area contributed by atoms with E-state index in [0.29, 0.717) is 0 Å². The zero-order chi connectivity index (χ0) is 13.8. The maximum Gasteiger partial charge on any atom is 0.309 e. The van der Waals surface area contributed by atoms with Crippen LogP contribution in [-0.4, -0.2) is 35.6 Å². The Kier molecular flexibility index (Phi) is 4.75. The third-order valence-electron chi connectivity index (χ3n) is 4.05. The van der Waals surface area contributed by atoms with Gasteiger partial charge < -0.3 is 10.0 Å². The van der Waals surface area contributed by atoms with E-state index in [-0.39, 0.29) is 5.41 Å². The van der Waals surface area contributed by atoms with E-state index in [4.69, 9.17) is 10.4 Å². The SMILES string of the molecule is CC(C)(C#N)CCCN1CCC(C)(C(=O)O)CC1. The maximum absolute atomic E-state index is 11.1. The van der Waals surface area contributed by atoms with Gasteiger partial charge in [0, 0.05) is 0 Å². The van der Waals surface area contributed by atoms with Crippen LogP contribution in [0.1, 0.15) is 46.5 Å². The second-order valence-corrected chi connectivity index (χ2v) is 6.31. The Bertz CT molecular complexity index is 336. The number of carboxylic acids is 1. The first-order valence-electron chi connectivity index (χ1n) is 6.66. The van der Waals surface area contributed by atoms with Gasteiger partial charge >= 0.3 is 5.97 Å². The van der Waals surface area contributed by atoms with Crippen molar-refractivity contribution in [2.45, 2.75) is 46.5 Å². The Morgan fingerprint density at radius 2 is 2.00 bits per heavy atom. The smallest absolute Gasteiger partial charge is 0.309 e. The van der Waals surface area contributed by atoms with Crippen LogP contribution in [0.15, 0.2) is 0 Å². The fourth-order valence-electron chi connectivity index (χ4n) is 2.28. The number of hydrogen-bond acceptors (Lipinski definition) is 3. The molecular formula is C14H24N2O2. The van der Waals surface area contributed by atoms with Crippen molar-refractivity contribution >= 4 is 5.97 Å². The molecule has 0 aliphatic carbocycles. The van der Waals surface area contributed by atoms with E-state index in [1.165, 1.54) is 0 Å². The molecule has 1 fully saturated rings. The summed E-state index contributed by atoms with van der Waals surface area (Å²) in [7, 11) is 0. The van der Waals surface area contributed by atoms with Gasteiger partial charge in [0.05, 0.1) is 16.9 Å². The van der Waals surface area contributed by atoms with E-state index in [1.807, 2.05) is 20.8 Å². The Morgan fingerprint density at radius 1 is 1.44 bits per heavy atom. The predicted octanol–water partition coefficient (Wildman–Crippen LogP) is 2.50. The summed E-state index contributed by atoms with van der Waals surface area (Å²) in [6.07, 6.45) is 3.36. The molecule has 0 radical (unpaired) electrons. The first kappa shape index (κ1) is 15.0. The number of carboxylic acid groups (broad SMARTS) is 1. The molecule has 4 nitrogen and oxygen atoms in total. The van der Waals surface area contributed by atoms with Crippen molar-refractivity contribution in [1.29, 1.82) is 5.26 Å². The number of aliphatic carboxylic acids is 1. The molecule has 0 amide bonds. The normalized spacial score (nSPS) is 20.3. The summed E-state index contributed by atoms with van der Waals surface area (Å²) < 4.78 is 0. The third kappa shape index (κ3) is 3.99. The second-order valence-electron chi connectivity index (χ2n) is 6.31. The predicted molar refractivity (Wildman–Crippen MR) is 70.0 cm³/mol. The van der Waals surface area contributed by atoms with Crippen LogP contribution < -0.4 is 0 Å². The molecule has 1 saturated heterocycles. The van der Waals surface area contributed by atoms with Gasteiger partial charge in [-0.15, -0.1) is 0 Å². The van der Waals surface area contributed by atoms with E-state index >= 15 is 0 Å². The summed E-state index contributed by atoms with van der Waals surface area (Å²) >= 11 is 0. The first-order chi connectivity index (χ1) is 8.29. The monoisotopic (exact) mass is 252 g/mol. The summed E-state index contributed by atoms with van der Waals surface area (Å²) in [6.45, 7) is 8.45. The molecule has 1 heterocycles. The molecule has 18 heavy (non-hydrogen) atoms. The van der Waals surface area contributed by atoms with Gasteiger partial charge in [-0.3, -0.25) is 4.79 Å². The van der Waals surface area contributed by atoms with Crippen LogP contribution in [0.25, 0.3) is 0 Å². The van der Waals surface area contributed by atoms with Crippen molar-refractivity contribution < 1.29 is 9.90 Å². The Labute approximate surface area is 110 Å². The Morgan fingerprint density at radius 3 is 2.44 bits per heavy atom. The molecular weight excluding hydrogens is 228 g/mol. The fourth-order valence-corrected chi connectivity index (χ4v) is 2.28. The van der Waals surface area contributed by atoms with Gasteiger partial charge in [0.2, 0.25) is 0 Å². The van der Waals surface area contributed by atoms with Crippen LogP contribution in [0.3, 0.4) is 0 Å². The molecule has 102 valence electrons. The highest BCUT2D eigenvalue weighted by atomic mass is 16.4.